The van der Waals surface area contributed by atoms with E-state index in [-0.39, 0.29) is 18.5 Å². The molecule has 2 fully saturated rings. The third-order valence-corrected chi connectivity index (χ3v) is 9.68. The summed E-state index contributed by atoms with van der Waals surface area (Å²) >= 11 is 14.1. The number of aliphatic hydroxyl groups excluding tert-OH is 1. The van der Waals surface area contributed by atoms with Crippen LogP contribution in [-0.4, -0.2) is 81.5 Å². The van der Waals surface area contributed by atoms with Crippen molar-refractivity contribution in [1.29, 1.82) is 0 Å². The van der Waals surface area contributed by atoms with Gasteiger partial charge in [-0.15, -0.1) is 0 Å². The van der Waals surface area contributed by atoms with E-state index >= 15 is 0 Å². The van der Waals surface area contributed by atoms with Crippen LogP contribution in [0.3, 0.4) is 0 Å². The number of alkyl halides is 1. The number of likely N-dealkylation sites (tertiary alicyclic amines) is 1. The number of halogens is 3. The Morgan fingerprint density at radius 1 is 0.917 bits per heavy atom. The van der Waals surface area contributed by atoms with Crippen LogP contribution < -0.4 is 14.8 Å². The monoisotopic (exact) mass is 694 g/mol. The largest absolute Gasteiger partial charge is 0.480 e. The van der Waals surface area contributed by atoms with Gasteiger partial charge in [0.1, 0.15) is 17.6 Å². The van der Waals surface area contributed by atoms with Crippen LogP contribution in [0.2, 0.25) is 10.0 Å². The number of aliphatic hydroxyl groups is 1. The SMILES string of the molecule is COc1nc(-c2cccc(-c3cccc(-c4cnc(CN5CC[C@@H](O)[C@@H](F)C5)c(OC)n4)c3Cl)c2Cl)cnc1CCC[C@@H]1CCC(=O)N1. The second-order valence-electron chi connectivity index (χ2n) is 12.1. The summed E-state index contributed by atoms with van der Waals surface area (Å²) in [5.74, 6) is 0.863. The number of rotatable bonds is 11. The summed E-state index contributed by atoms with van der Waals surface area (Å²) in [4.78, 5) is 32.1. The van der Waals surface area contributed by atoms with Crippen LogP contribution in [0.5, 0.6) is 11.8 Å². The molecular formula is C35H37Cl2FN6O4. The summed E-state index contributed by atoms with van der Waals surface area (Å²) in [6.45, 7) is 1.01. The van der Waals surface area contributed by atoms with E-state index < -0.39 is 12.3 Å². The van der Waals surface area contributed by atoms with E-state index in [1.54, 1.807) is 19.5 Å². The quantitative estimate of drug-likeness (QED) is 0.192. The van der Waals surface area contributed by atoms with Crippen molar-refractivity contribution in [3.63, 3.8) is 0 Å². The zero-order valence-corrected chi connectivity index (χ0v) is 28.3. The highest BCUT2D eigenvalue weighted by Crippen LogP contribution is 2.42. The predicted molar refractivity (Wildman–Crippen MR) is 182 cm³/mol. The summed E-state index contributed by atoms with van der Waals surface area (Å²) < 4.78 is 25.3. The van der Waals surface area contributed by atoms with Gasteiger partial charge in [0.15, 0.2) is 0 Å². The highest BCUT2D eigenvalue weighted by Gasteiger charge is 2.28. The number of methoxy groups -OCH3 is 2. The fraction of sp³-hybridized carbons (Fsp3) is 0.400. The Kier molecular flexibility index (Phi) is 10.7. The van der Waals surface area contributed by atoms with Gasteiger partial charge in [-0.3, -0.25) is 19.7 Å². The molecule has 0 unspecified atom stereocenters. The number of carbonyl (C=O) groups excluding carboxylic acids is 1. The van der Waals surface area contributed by atoms with Crippen molar-refractivity contribution < 1.29 is 23.8 Å². The molecular weight excluding hydrogens is 658 g/mol. The van der Waals surface area contributed by atoms with E-state index in [4.69, 9.17) is 42.6 Å². The maximum atomic E-state index is 14.1. The molecule has 0 aliphatic carbocycles. The number of hydrogen-bond donors (Lipinski definition) is 2. The fourth-order valence-corrected chi connectivity index (χ4v) is 6.91. The average Bonchev–Trinajstić information content (AvgIpc) is 3.51. The number of amides is 1. The van der Waals surface area contributed by atoms with Crippen molar-refractivity contribution in [2.75, 3.05) is 27.3 Å². The maximum Gasteiger partial charge on any atom is 0.237 e. The molecule has 2 aliphatic rings. The molecule has 2 aromatic heterocycles. The molecule has 0 bridgehead atoms. The van der Waals surface area contributed by atoms with Gasteiger partial charge in [0.05, 0.1) is 54.2 Å². The van der Waals surface area contributed by atoms with Gasteiger partial charge >= 0.3 is 0 Å². The van der Waals surface area contributed by atoms with E-state index in [9.17, 15) is 14.3 Å². The average molecular weight is 696 g/mol. The Morgan fingerprint density at radius 3 is 2.06 bits per heavy atom. The number of aryl methyl sites for hydroxylation is 1. The normalized spacial score (nSPS) is 19.7. The van der Waals surface area contributed by atoms with Gasteiger partial charge in [0, 0.05) is 54.4 Å². The van der Waals surface area contributed by atoms with Crippen LogP contribution in [0, 0.1) is 0 Å². The first-order valence-electron chi connectivity index (χ1n) is 16.0. The molecule has 2 aliphatic heterocycles. The standard InChI is InChI=1S/C35H37Cl2FN6O4/c1-47-34-26(11-3-6-20-12-13-31(46)41-20)39-16-27(42-34)23-9-4-7-21(32(23)36)22-8-5-10-24(33(22)37)28-17-40-29(35(43-28)48-2)19-44-15-14-30(45)25(38)18-44/h4-5,7-10,16-17,20,25,30,45H,3,6,11-15,18-19H2,1-2H3,(H,41,46)/t20-,25+,30-/m1/s1. The maximum absolute atomic E-state index is 14.1. The lowest BCUT2D eigenvalue weighted by molar-refractivity contribution is -0.119. The van der Waals surface area contributed by atoms with Crippen molar-refractivity contribution in [2.45, 2.75) is 63.4 Å². The fourth-order valence-electron chi connectivity index (χ4n) is 6.26. The lowest BCUT2D eigenvalue weighted by Gasteiger charge is -2.31. The number of nitrogens with zero attached hydrogens (tertiary/aromatic N) is 5. The lowest BCUT2D eigenvalue weighted by Crippen LogP contribution is -2.44. The molecule has 4 aromatic rings. The zero-order chi connectivity index (χ0) is 33.8. The lowest BCUT2D eigenvalue weighted by atomic mass is 9.98. The van der Waals surface area contributed by atoms with E-state index in [0.29, 0.717) is 93.5 Å². The second kappa shape index (κ2) is 15.1. The Labute approximate surface area is 288 Å². The third kappa shape index (κ3) is 7.39. The molecule has 4 heterocycles. The Morgan fingerprint density at radius 2 is 1.50 bits per heavy atom. The number of carbonyl (C=O) groups is 1. The van der Waals surface area contributed by atoms with Crippen LogP contribution in [0.4, 0.5) is 4.39 Å². The number of aromatic nitrogens is 4. The highest BCUT2D eigenvalue weighted by molar-refractivity contribution is 6.39. The molecule has 10 nitrogen and oxygen atoms in total. The number of piperidine rings is 1. The van der Waals surface area contributed by atoms with Gasteiger partial charge in [0.2, 0.25) is 17.7 Å². The highest BCUT2D eigenvalue weighted by atomic mass is 35.5. The summed E-state index contributed by atoms with van der Waals surface area (Å²) in [5, 5.41) is 13.6. The third-order valence-electron chi connectivity index (χ3n) is 8.87. The van der Waals surface area contributed by atoms with Crippen LogP contribution in [-0.2, 0) is 17.8 Å². The van der Waals surface area contributed by atoms with Crippen LogP contribution in [0.25, 0.3) is 33.6 Å². The predicted octanol–water partition coefficient (Wildman–Crippen LogP) is 6.10. The van der Waals surface area contributed by atoms with E-state index in [0.717, 1.165) is 25.0 Å². The first-order valence-corrected chi connectivity index (χ1v) is 16.7. The molecule has 3 atom stereocenters. The van der Waals surface area contributed by atoms with Crippen molar-refractivity contribution in [2.24, 2.45) is 0 Å². The van der Waals surface area contributed by atoms with Crippen LogP contribution in [0.15, 0.2) is 48.8 Å². The van der Waals surface area contributed by atoms with Crippen LogP contribution in [0.1, 0.15) is 43.5 Å². The summed E-state index contributed by atoms with van der Waals surface area (Å²) in [5.41, 5.74) is 5.10. The first kappa shape index (κ1) is 34.0. The molecule has 0 radical (unpaired) electrons. The molecule has 2 N–H and O–H groups in total. The number of benzene rings is 2. The first-order chi connectivity index (χ1) is 23.2. The van der Waals surface area contributed by atoms with Gasteiger partial charge in [-0.2, -0.15) is 0 Å². The van der Waals surface area contributed by atoms with E-state index in [2.05, 4.69) is 15.3 Å². The Balaban J connectivity index is 1.23. The minimum Gasteiger partial charge on any atom is -0.480 e. The molecule has 13 heteroatoms. The minimum atomic E-state index is -1.30. The molecule has 0 saturated carbocycles. The van der Waals surface area contributed by atoms with Gasteiger partial charge < -0.3 is 19.9 Å². The minimum absolute atomic E-state index is 0.114. The summed E-state index contributed by atoms with van der Waals surface area (Å²) in [7, 11) is 3.08. The second-order valence-corrected chi connectivity index (χ2v) is 12.8. The van der Waals surface area contributed by atoms with Crippen molar-refractivity contribution >= 4 is 29.1 Å². The topological polar surface area (TPSA) is 123 Å². The molecule has 0 spiro atoms. The van der Waals surface area contributed by atoms with Crippen molar-refractivity contribution in [3.05, 3.63) is 70.2 Å². The Bertz CT molecular complexity index is 1800. The molecule has 48 heavy (non-hydrogen) atoms. The smallest absolute Gasteiger partial charge is 0.237 e. The number of hydrogen-bond acceptors (Lipinski definition) is 9. The molecule has 6 rings (SSSR count). The van der Waals surface area contributed by atoms with Gasteiger partial charge in [-0.1, -0.05) is 59.6 Å². The van der Waals surface area contributed by atoms with Gasteiger partial charge in [0.25, 0.3) is 0 Å². The zero-order valence-electron chi connectivity index (χ0n) is 26.8. The number of ether oxygens (including phenoxy) is 2. The Hall–Kier alpha value is -3.90. The van der Waals surface area contributed by atoms with Crippen molar-refractivity contribution in [3.8, 4) is 45.4 Å². The molecule has 2 saturated heterocycles. The summed E-state index contributed by atoms with van der Waals surface area (Å²) in [6.07, 6.45) is 5.29. The van der Waals surface area contributed by atoms with Gasteiger partial charge in [-0.05, 0) is 32.1 Å². The van der Waals surface area contributed by atoms with Gasteiger partial charge in [-0.25, -0.2) is 14.4 Å². The molecule has 252 valence electrons. The van der Waals surface area contributed by atoms with E-state index in [1.165, 1.54) is 7.11 Å². The number of nitrogens with one attached hydrogen (secondary N) is 1. The molecule has 2 aromatic carbocycles. The molecule has 1 amide bonds. The van der Waals surface area contributed by atoms with Crippen molar-refractivity contribution in [1.82, 2.24) is 30.2 Å². The summed E-state index contributed by atoms with van der Waals surface area (Å²) in [6, 6.07) is 11.5. The van der Waals surface area contributed by atoms with Crippen LogP contribution >= 0.6 is 23.2 Å². The van der Waals surface area contributed by atoms with E-state index in [1.807, 2.05) is 41.3 Å².